The van der Waals surface area contributed by atoms with Gasteiger partial charge in [-0.1, -0.05) is 13.3 Å². The molecule has 1 rings (SSSR count). The van der Waals surface area contributed by atoms with Gasteiger partial charge in [0.1, 0.15) is 17.1 Å². The molecule has 0 radical (unpaired) electrons. The number of aliphatic carboxylic acids is 1. The van der Waals surface area contributed by atoms with Crippen molar-refractivity contribution in [2.24, 2.45) is 0 Å². The molecule has 0 fully saturated rings. The van der Waals surface area contributed by atoms with Crippen LogP contribution in [0.1, 0.15) is 35.8 Å². The Bertz CT molecular complexity index is 575. The van der Waals surface area contributed by atoms with Crippen LogP contribution in [0, 0.1) is 25.2 Å². The summed E-state index contributed by atoms with van der Waals surface area (Å²) in [5.41, 5.74) is 1.33. The van der Waals surface area contributed by atoms with Gasteiger partial charge in [0, 0.05) is 4.88 Å². The molecule has 0 aliphatic heterocycles. The van der Waals surface area contributed by atoms with E-state index in [0.717, 1.165) is 10.4 Å². The number of amides is 1. The third-order valence-electron chi connectivity index (χ3n) is 3.13. The summed E-state index contributed by atoms with van der Waals surface area (Å²) in [6.07, 6.45) is 1.18. The summed E-state index contributed by atoms with van der Waals surface area (Å²) in [5, 5.41) is 24.0. The van der Waals surface area contributed by atoms with Crippen molar-refractivity contribution in [3.05, 3.63) is 16.0 Å². The van der Waals surface area contributed by atoms with Crippen LogP contribution in [0.2, 0.25) is 0 Å². The number of nitrogens with zero attached hydrogens (tertiary/aromatic N) is 1. The van der Waals surface area contributed by atoms with Gasteiger partial charge in [0.2, 0.25) is 5.91 Å². The Hall–Kier alpha value is -1.91. The van der Waals surface area contributed by atoms with Crippen molar-refractivity contribution in [2.45, 2.75) is 39.7 Å². The van der Waals surface area contributed by atoms with Gasteiger partial charge in [-0.3, -0.25) is 14.9 Å². The molecule has 6 nitrogen and oxygen atoms in total. The Balaban J connectivity index is 2.64. The minimum absolute atomic E-state index is 0.0994. The van der Waals surface area contributed by atoms with Crippen LogP contribution in [0.25, 0.3) is 0 Å². The van der Waals surface area contributed by atoms with E-state index in [4.69, 9.17) is 10.4 Å². The van der Waals surface area contributed by atoms with Crippen LogP contribution in [0.5, 0.6) is 0 Å². The van der Waals surface area contributed by atoms with E-state index in [0.29, 0.717) is 23.4 Å². The second kappa shape index (κ2) is 7.76. The van der Waals surface area contributed by atoms with E-state index in [-0.39, 0.29) is 12.5 Å². The summed E-state index contributed by atoms with van der Waals surface area (Å²) in [6.45, 7) is 5.50. The largest absolute Gasteiger partial charge is 0.480 e. The number of rotatable bonds is 7. The minimum Gasteiger partial charge on any atom is -0.480 e. The maximum atomic E-state index is 11.9. The van der Waals surface area contributed by atoms with E-state index in [1.807, 2.05) is 20.8 Å². The lowest BCUT2D eigenvalue weighted by molar-refractivity contribution is -0.139. The second-order valence-corrected chi connectivity index (χ2v) is 5.93. The van der Waals surface area contributed by atoms with Crippen LogP contribution in [0.3, 0.4) is 0 Å². The molecule has 0 saturated carbocycles. The number of carbonyl (C=O) groups is 2. The molecular weight excluding hydrogens is 290 g/mol. The fraction of sp³-hybridized carbons (Fsp3) is 0.500. The Morgan fingerprint density at radius 2 is 2.10 bits per heavy atom. The summed E-state index contributed by atoms with van der Waals surface area (Å²) in [7, 11) is 0. The average Bonchev–Trinajstić information content (AvgIpc) is 2.68. The highest BCUT2D eigenvalue weighted by Crippen LogP contribution is 2.31. The van der Waals surface area contributed by atoms with Gasteiger partial charge in [0.25, 0.3) is 0 Å². The highest BCUT2D eigenvalue weighted by Gasteiger charge is 2.18. The summed E-state index contributed by atoms with van der Waals surface area (Å²) in [5.74, 6) is -1.32. The van der Waals surface area contributed by atoms with Gasteiger partial charge in [-0.2, -0.15) is 5.26 Å². The lowest BCUT2D eigenvalue weighted by Crippen LogP contribution is -2.41. The van der Waals surface area contributed by atoms with E-state index < -0.39 is 12.0 Å². The molecule has 1 aromatic rings. The molecule has 0 saturated heterocycles. The predicted molar refractivity (Wildman–Crippen MR) is 81.5 cm³/mol. The summed E-state index contributed by atoms with van der Waals surface area (Å²) in [4.78, 5) is 23.8. The zero-order valence-electron chi connectivity index (χ0n) is 12.3. The molecule has 3 N–H and O–H groups in total. The van der Waals surface area contributed by atoms with Crippen molar-refractivity contribution in [1.82, 2.24) is 5.32 Å². The van der Waals surface area contributed by atoms with Gasteiger partial charge in [-0.15, -0.1) is 11.3 Å². The Kier molecular flexibility index (Phi) is 6.34. The molecule has 1 unspecified atom stereocenters. The molecule has 1 amide bonds. The monoisotopic (exact) mass is 309 g/mol. The van der Waals surface area contributed by atoms with Crippen molar-refractivity contribution < 1.29 is 14.7 Å². The third kappa shape index (κ3) is 4.55. The maximum absolute atomic E-state index is 11.9. The number of carboxylic acids is 1. The maximum Gasteiger partial charge on any atom is 0.320 e. The molecular formula is C14H19N3O3S. The standard InChI is InChI=1S/C14H19N3O3S/c1-4-5-11(14(19)20)16-7-12(18)17-13-10(6-15)8(2)9(3)21-13/h11,16H,4-5,7H2,1-3H3,(H,17,18)(H,19,20). The lowest BCUT2D eigenvalue weighted by atomic mass is 10.1. The summed E-state index contributed by atoms with van der Waals surface area (Å²) in [6, 6.07) is 1.34. The van der Waals surface area contributed by atoms with Gasteiger partial charge >= 0.3 is 5.97 Å². The molecule has 0 bridgehead atoms. The normalized spacial score (nSPS) is 11.7. The van der Waals surface area contributed by atoms with Crippen molar-refractivity contribution >= 4 is 28.2 Å². The summed E-state index contributed by atoms with van der Waals surface area (Å²) >= 11 is 1.35. The van der Waals surface area contributed by atoms with Crippen LogP contribution in [-0.2, 0) is 9.59 Å². The highest BCUT2D eigenvalue weighted by molar-refractivity contribution is 7.16. The number of nitrogens with one attached hydrogen (secondary N) is 2. The molecule has 1 atom stereocenters. The van der Waals surface area contributed by atoms with Crippen LogP contribution in [0.4, 0.5) is 5.00 Å². The third-order valence-corrected chi connectivity index (χ3v) is 4.26. The van der Waals surface area contributed by atoms with Crippen molar-refractivity contribution in [3.63, 3.8) is 0 Å². The molecule has 0 aliphatic carbocycles. The first-order valence-electron chi connectivity index (χ1n) is 6.66. The fourth-order valence-corrected chi connectivity index (χ4v) is 2.86. The number of carboxylic acid groups (broad SMARTS) is 1. The van der Waals surface area contributed by atoms with E-state index >= 15 is 0 Å². The van der Waals surface area contributed by atoms with Crippen LogP contribution >= 0.6 is 11.3 Å². The van der Waals surface area contributed by atoms with Crippen LogP contribution in [-0.4, -0.2) is 29.6 Å². The Morgan fingerprint density at radius 1 is 1.43 bits per heavy atom. The smallest absolute Gasteiger partial charge is 0.320 e. The Morgan fingerprint density at radius 3 is 2.62 bits per heavy atom. The lowest BCUT2D eigenvalue weighted by Gasteiger charge is -2.13. The number of hydrogen-bond donors (Lipinski definition) is 3. The SMILES string of the molecule is CCCC(NCC(=O)Nc1sc(C)c(C)c1C#N)C(=O)O. The van der Waals surface area contributed by atoms with Gasteiger partial charge in [-0.25, -0.2) is 0 Å². The fourth-order valence-electron chi connectivity index (χ4n) is 1.84. The molecule has 114 valence electrons. The van der Waals surface area contributed by atoms with E-state index in [1.165, 1.54) is 11.3 Å². The number of hydrogen-bond acceptors (Lipinski definition) is 5. The number of carbonyl (C=O) groups excluding carboxylic acids is 1. The van der Waals surface area contributed by atoms with E-state index in [9.17, 15) is 9.59 Å². The predicted octanol–water partition coefficient (Wildman–Crippen LogP) is 2.02. The molecule has 0 aliphatic rings. The molecule has 1 heterocycles. The van der Waals surface area contributed by atoms with Crippen molar-refractivity contribution in [2.75, 3.05) is 11.9 Å². The first-order chi connectivity index (χ1) is 9.90. The Labute approximate surface area is 127 Å². The van der Waals surface area contributed by atoms with Crippen molar-refractivity contribution in [3.8, 4) is 6.07 Å². The van der Waals surface area contributed by atoms with Gasteiger partial charge in [0.15, 0.2) is 0 Å². The molecule has 21 heavy (non-hydrogen) atoms. The molecule has 7 heteroatoms. The molecule has 0 spiro atoms. The van der Waals surface area contributed by atoms with Crippen molar-refractivity contribution in [1.29, 1.82) is 5.26 Å². The number of thiophene rings is 1. The number of aryl methyl sites for hydroxylation is 1. The molecule has 0 aromatic carbocycles. The molecule has 1 aromatic heterocycles. The van der Waals surface area contributed by atoms with E-state index in [1.54, 1.807) is 0 Å². The number of nitriles is 1. The highest BCUT2D eigenvalue weighted by atomic mass is 32.1. The zero-order valence-corrected chi connectivity index (χ0v) is 13.1. The summed E-state index contributed by atoms with van der Waals surface area (Å²) < 4.78 is 0. The average molecular weight is 309 g/mol. The van der Waals surface area contributed by atoms with Crippen LogP contribution < -0.4 is 10.6 Å². The topological polar surface area (TPSA) is 102 Å². The number of anilines is 1. The first-order valence-corrected chi connectivity index (χ1v) is 7.48. The van der Waals surface area contributed by atoms with Gasteiger partial charge in [0.05, 0.1) is 12.1 Å². The quantitative estimate of drug-likeness (QED) is 0.715. The van der Waals surface area contributed by atoms with Gasteiger partial charge in [-0.05, 0) is 25.8 Å². The van der Waals surface area contributed by atoms with Gasteiger partial charge < -0.3 is 10.4 Å². The minimum atomic E-state index is -0.967. The second-order valence-electron chi connectivity index (χ2n) is 4.71. The van der Waals surface area contributed by atoms with E-state index in [2.05, 4.69) is 16.7 Å². The first kappa shape index (κ1) is 17.1. The zero-order chi connectivity index (χ0) is 16.0. The van der Waals surface area contributed by atoms with Crippen LogP contribution in [0.15, 0.2) is 0 Å².